The van der Waals surface area contributed by atoms with Crippen LogP contribution in [0.1, 0.15) is 54.7 Å². The molecule has 60 heavy (non-hydrogen) atoms. The Morgan fingerprint density at radius 3 is 1.92 bits per heavy atom. The Morgan fingerprint density at radius 1 is 0.483 bits per heavy atom. The summed E-state index contributed by atoms with van der Waals surface area (Å²) in [7, 11) is 0. The van der Waals surface area contributed by atoms with Crippen LogP contribution in [0.25, 0.3) is 105 Å². The molecule has 2 nitrogen and oxygen atoms in total. The predicted molar refractivity (Wildman–Crippen MR) is 258 cm³/mol. The van der Waals surface area contributed by atoms with Gasteiger partial charge in [-0.2, -0.15) is 0 Å². The topological polar surface area (TPSA) is 9.86 Å². The number of thiophene rings is 1. The lowest BCUT2D eigenvalue weighted by molar-refractivity contribution is 0.661. The van der Waals surface area contributed by atoms with Crippen molar-refractivity contribution in [1.29, 1.82) is 0 Å². The first-order valence-corrected chi connectivity index (χ1v) is 22.3. The van der Waals surface area contributed by atoms with Crippen molar-refractivity contribution in [1.82, 2.24) is 9.13 Å². The van der Waals surface area contributed by atoms with Crippen molar-refractivity contribution in [2.75, 3.05) is 0 Å². The van der Waals surface area contributed by atoms with E-state index in [2.05, 4.69) is 193 Å². The number of para-hydroxylation sites is 1. The molecule has 0 amide bonds. The van der Waals surface area contributed by atoms with E-state index in [9.17, 15) is 0 Å². The first-order valence-electron chi connectivity index (χ1n) is 21.5. The standard InChI is InChI=1S/C57H42N2S/c1-57(2)49-22-11-9-18-41(49)44-33-48-46-31-36(25-28-53(46)59(54(48)34-50(44)57)39-16-7-4-8-17-39)35-24-27-51-45(30-35)47-32-37(26-29-52(47)58(51)38-14-5-3-6-15-38)40-20-13-21-43-42-19-10-12-23-55(42)60-56(40)43/h3,5-7,9-11,13-22,24-34H,4,8,12,23H2,1-2H3. The number of nitrogens with zero attached hydrogens (tertiary/aromatic N) is 2. The largest absolute Gasteiger partial charge is 0.310 e. The number of benzene rings is 7. The maximum atomic E-state index is 2.52. The van der Waals surface area contributed by atoms with E-state index < -0.39 is 0 Å². The molecule has 3 heterocycles. The summed E-state index contributed by atoms with van der Waals surface area (Å²) in [5.74, 6) is 0. The first-order chi connectivity index (χ1) is 29.5. The third kappa shape index (κ3) is 4.81. The zero-order valence-electron chi connectivity index (χ0n) is 33.8. The summed E-state index contributed by atoms with van der Waals surface area (Å²) < 4.78 is 6.35. The minimum atomic E-state index is -0.0649. The molecule has 3 heteroatoms. The molecular formula is C57H42N2S. The molecule has 10 aromatic rings. The lowest BCUT2D eigenvalue weighted by atomic mass is 9.82. The van der Waals surface area contributed by atoms with Crippen molar-refractivity contribution in [2.24, 2.45) is 0 Å². The average Bonchev–Trinajstić information content (AvgIpc) is 4.01. The van der Waals surface area contributed by atoms with Gasteiger partial charge in [0.25, 0.3) is 0 Å². The minimum Gasteiger partial charge on any atom is -0.310 e. The van der Waals surface area contributed by atoms with Gasteiger partial charge in [-0.3, -0.25) is 0 Å². The van der Waals surface area contributed by atoms with E-state index in [1.807, 2.05) is 11.3 Å². The molecule has 13 rings (SSSR count). The van der Waals surface area contributed by atoms with Gasteiger partial charge in [0.1, 0.15) is 0 Å². The normalized spacial score (nSPS) is 15.3. The predicted octanol–water partition coefficient (Wildman–Crippen LogP) is 15.9. The van der Waals surface area contributed by atoms with E-state index in [0.29, 0.717) is 0 Å². The SMILES string of the molecule is CC1(C)c2ccccc2-c2cc3c4cc(-c5ccc6c(c5)c5cc(-c7cccc8c9c(sc78)CCC=C9)ccc5n6-c5ccccc5)ccc4n(C4=CCCC=C4)c3cc21. The molecular weight excluding hydrogens is 745 g/mol. The van der Waals surface area contributed by atoms with Gasteiger partial charge in [0.2, 0.25) is 0 Å². The highest BCUT2D eigenvalue weighted by Gasteiger charge is 2.36. The maximum Gasteiger partial charge on any atom is 0.0544 e. The number of aryl methyl sites for hydroxylation is 1. The van der Waals surface area contributed by atoms with Gasteiger partial charge >= 0.3 is 0 Å². The van der Waals surface area contributed by atoms with E-state index in [1.54, 1.807) is 0 Å². The Labute approximate surface area is 353 Å². The second-order valence-corrected chi connectivity index (χ2v) is 18.6. The maximum absolute atomic E-state index is 2.52. The van der Waals surface area contributed by atoms with Crippen molar-refractivity contribution in [2.45, 2.75) is 44.9 Å². The van der Waals surface area contributed by atoms with Crippen molar-refractivity contribution < 1.29 is 0 Å². The quantitative estimate of drug-likeness (QED) is 0.168. The molecule has 0 radical (unpaired) electrons. The molecule has 0 spiro atoms. The lowest BCUT2D eigenvalue weighted by Crippen LogP contribution is -2.15. The fourth-order valence-electron chi connectivity index (χ4n) is 10.9. The molecule has 3 aliphatic rings. The van der Waals surface area contributed by atoms with Crippen LogP contribution in [0.2, 0.25) is 0 Å². The molecule has 3 aliphatic carbocycles. The fourth-order valence-corrected chi connectivity index (χ4v) is 12.2. The molecule has 3 aromatic heterocycles. The zero-order valence-corrected chi connectivity index (χ0v) is 34.6. The Morgan fingerprint density at radius 2 is 1.15 bits per heavy atom. The smallest absolute Gasteiger partial charge is 0.0544 e. The molecule has 0 saturated heterocycles. The highest BCUT2D eigenvalue weighted by atomic mass is 32.1. The number of hydrogen-bond donors (Lipinski definition) is 0. The molecule has 7 aromatic carbocycles. The molecule has 0 bridgehead atoms. The van der Waals surface area contributed by atoms with Crippen molar-refractivity contribution >= 4 is 76.8 Å². The van der Waals surface area contributed by atoms with Crippen LogP contribution in [0.4, 0.5) is 0 Å². The summed E-state index contributed by atoms with van der Waals surface area (Å²) in [6.45, 7) is 4.77. The summed E-state index contributed by atoms with van der Waals surface area (Å²) in [6.07, 6.45) is 16.1. The van der Waals surface area contributed by atoms with Gasteiger partial charge in [0, 0.05) is 53.3 Å². The van der Waals surface area contributed by atoms with E-state index >= 15 is 0 Å². The van der Waals surface area contributed by atoms with Crippen LogP contribution in [0.5, 0.6) is 0 Å². The third-order valence-electron chi connectivity index (χ3n) is 13.8. The van der Waals surface area contributed by atoms with E-state index in [0.717, 1.165) is 25.7 Å². The molecule has 0 N–H and O–H groups in total. The summed E-state index contributed by atoms with van der Waals surface area (Å²) in [5, 5.41) is 6.53. The van der Waals surface area contributed by atoms with Crippen LogP contribution in [0.3, 0.4) is 0 Å². The van der Waals surface area contributed by atoms with Gasteiger partial charge in [-0.05, 0) is 142 Å². The molecule has 0 aliphatic heterocycles. The molecule has 286 valence electrons. The Kier molecular flexibility index (Phi) is 7.22. The monoisotopic (exact) mass is 786 g/mol. The number of fused-ring (bicyclic) bond motifs is 12. The summed E-state index contributed by atoms with van der Waals surface area (Å²) in [6, 6.07) is 53.1. The van der Waals surface area contributed by atoms with Gasteiger partial charge in [-0.15, -0.1) is 11.3 Å². The Hall–Kier alpha value is -6.68. The van der Waals surface area contributed by atoms with E-state index in [-0.39, 0.29) is 5.41 Å². The molecule has 0 fully saturated rings. The van der Waals surface area contributed by atoms with Gasteiger partial charge < -0.3 is 9.13 Å². The van der Waals surface area contributed by atoms with Crippen LogP contribution >= 0.6 is 11.3 Å². The molecule has 0 unspecified atom stereocenters. The number of rotatable bonds is 4. The van der Waals surface area contributed by atoms with Crippen LogP contribution in [-0.4, -0.2) is 9.13 Å². The fraction of sp³-hybridized carbons (Fsp3) is 0.123. The van der Waals surface area contributed by atoms with Gasteiger partial charge in [-0.25, -0.2) is 0 Å². The number of hydrogen-bond acceptors (Lipinski definition) is 1. The van der Waals surface area contributed by atoms with Crippen molar-refractivity contribution in [3.63, 3.8) is 0 Å². The van der Waals surface area contributed by atoms with Crippen molar-refractivity contribution in [3.8, 4) is 39.1 Å². The highest BCUT2D eigenvalue weighted by molar-refractivity contribution is 7.20. The van der Waals surface area contributed by atoms with Gasteiger partial charge in [0.15, 0.2) is 0 Å². The summed E-state index contributed by atoms with van der Waals surface area (Å²) in [4.78, 5) is 1.51. The minimum absolute atomic E-state index is 0.0649. The zero-order chi connectivity index (χ0) is 39.7. The van der Waals surface area contributed by atoms with E-state index in [1.165, 1.54) is 120 Å². The van der Waals surface area contributed by atoms with Crippen LogP contribution in [-0.2, 0) is 11.8 Å². The van der Waals surface area contributed by atoms with E-state index in [4.69, 9.17) is 0 Å². The second-order valence-electron chi connectivity index (χ2n) is 17.5. The molecule has 0 atom stereocenters. The lowest BCUT2D eigenvalue weighted by Gasteiger charge is -2.22. The van der Waals surface area contributed by atoms with Gasteiger partial charge in [-0.1, -0.05) is 117 Å². The van der Waals surface area contributed by atoms with Crippen LogP contribution in [0.15, 0.2) is 164 Å². The first kappa shape index (κ1) is 34.2. The summed E-state index contributed by atoms with van der Waals surface area (Å²) >= 11 is 1.98. The molecule has 0 saturated carbocycles. The Balaban J connectivity index is 1.03. The second kappa shape index (κ2) is 12.7. The average molecular weight is 787 g/mol. The highest BCUT2D eigenvalue weighted by Crippen LogP contribution is 2.51. The number of allylic oxidation sites excluding steroid dienone is 5. The third-order valence-corrected chi connectivity index (χ3v) is 15.1. The van der Waals surface area contributed by atoms with Crippen LogP contribution in [0, 0.1) is 0 Å². The van der Waals surface area contributed by atoms with Crippen molar-refractivity contribution in [3.05, 3.63) is 185 Å². The Bertz CT molecular complexity index is 3560. The van der Waals surface area contributed by atoms with Gasteiger partial charge in [0.05, 0.1) is 22.1 Å². The van der Waals surface area contributed by atoms with Crippen LogP contribution < -0.4 is 0 Å². The number of aromatic nitrogens is 2. The summed E-state index contributed by atoms with van der Waals surface area (Å²) in [5.41, 5.74) is 19.4.